The topological polar surface area (TPSA) is 121 Å². The molecule has 2 aromatic carbocycles. The van der Waals surface area contributed by atoms with Crippen molar-refractivity contribution in [2.24, 2.45) is 5.73 Å². The van der Waals surface area contributed by atoms with E-state index in [1.807, 2.05) is 13.0 Å². The van der Waals surface area contributed by atoms with Crippen LogP contribution in [-0.4, -0.2) is 41.9 Å². The molecule has 0 spiro atoms. The molecule has 8 nitrogen and oxygen atoms in total. The van der Waals surface area contributed by atoms with E-state index in [1.54, 1.807) is 37.3 Å². The largest absolute Gasteiger partial charge is 0.385 e. The van der Waals surface area contributed by atoms with E-state index in [-0.39, 0.29) is 31.4 Å². The highest BCUT2D eigenvalue weighted by molar-refractivity contribution is 6.31. The third-order valence-electron chi connectivity index (χ3n) is 4.98. The zero-order valence-electron chi connectivity index (χ0n) is 17.5. The first-order chi connectivity index (χ1) is 14.8. The number of ether oxygens (including phenoxy) is 1. The minimum absolute atomic E-state index is 0.0293. The van der Waals surface area contributed by atoms with Gasteiger partial charge in [-0.2, -0.15) is 0 Å². The summed E-state index contributed by atoms with van der Waals surface area (Å²) < 4.78 is 5.64. The zero-order chi connectivity index (χ0) is 22.5. The van der Waals surface area contributed by atoms with E-state index in [2.05, 4.69) is 10.6 Å². The fourth-order valence-corrected chi connectivity index (χ4v) is 3.65. The Morgan fingerprint density at radius 2 is 2.06 bits per heavy atom. The highest BCUT2D eigenvalue weighted by Crippen LogP contribution is 2.28. The number of nitrogens with zero attached hydrogens (tertiary/aromatic N) is 1. The number of nitrogen functional groups attached to an aromatic ring is 1. The Bertz CT molecular complexity index is 1010. The molecule has 2 aromatic rings. The molecular formula is C22H26ClN5O3. The summed E-state index contributed by atoms with van der Waals surface area (Å²) in [7, 11) is 0. The van der Waals surface area contributed by atoms with Crippen LogP contribution in [0.5, 0.6) is 0 Å². The number of amidine groups is 1. The summed E-state index contributed by atoms with van der Waals surface area (Å²) in [5, 5.41) is 14.2. The third-order valence-corrected chi connectivity index (χ3v) is 5.21. The van der Waals surface area contributed by atoms with Crippen LogP contribution in [0.3, 0.4) is 0 Å². The van der Waals surface area contributed by atoms with Crippen LogP contribution in [0.25, 0.3) is 0 Å². The highest BCUT2D eigenvalue weighted by atomic mass is 35.5. The quantitative estimate of drug-likeness (QED) is 0.351. The smallest absolute Gasteiger partial charge is 0.270 e. The number of carbonyl (C=O) groups is 2. The van der Waals surface area contributed by atoms with E-state index >= 15 is 0 Å². The van der Waals surface area contributed by atoms with Crippen LogP contribution >= 0.6 is 11.6 Å². The van der Waals surface area contributed by atoms with Crippen LogP contribution in [0.4, 0.5) is 5.69 Å². The first kappa shape index (κ1) is 22.6. The van der Waals surface area contributed by atoms with Gasteiger partial charge in [0.2, 0.25) is 6.23 Å². The van der Waals surface area contributed by atoms with E-state index < -0.39 is 12.1 Å². The van der Waals surface area contributed by atoms with Gasteiger partial charge >= 0.3 is 0 Å². The molecule has 9 heteroatoms. The molecule has 0 saturated heterocycles. The van der Waals surface area contributed by atoms with Gasteiger partial charge in [-0.1, -0.05) is 29.8 Å². The van der Waals surface area contributed by atoms with Gasteiger partial charge in [-0.05, 0) is 43.2 Å². The average Bonchev–Trinajstić information content (AvgIpc) is 3.06. The minimum atomic E-state index is -1.05. The molecule has 2 amide bonds. The van der Waals surface area contributed by atoms with Crippen LogP contribution in [0.15, 0.2) is 36.4 Å². The fraction of sp³-hybridized carbons (Fsp3) is 0.318. The van der Waals surface area contributed by atoms with Crippen molar-refractivity contribution in [3.05, 3.63) is 63.7 Å². The molecule has 1 aliphatic rings. The Labute approximate surface area is 186 Å². The van der Waals surface area contributed by atoms with Gasteiger partial charge in [-0.25, -0.2) is 0 Å². The molecule has 1 unspecified atom stereocenters. The fourth-order valence-electron chi connectivity index (χ4n) is 3.47. The van der Waals surface area contributed by atoms with E-state index in [9.17, 15) is 9.59 Å². The number of anilines is 1. The van der Waals surface area contributed by atoms with Crippen LogP contribution < -0.4 is 16.4 Å². The number of nitrogens with one attached hydrogen (secondary N) is 3. The van der Waals surface area contributed by atoms with Gasteiger partial charge < -0.3 is 26.0 Å². The summed E-state index contributed by atoms with van der Waals surface area (Å²) >= 11 is 6.02. The molecule has 31 heavy (non-hydrogen) atoms. The first-order valence-electron chi connectivity index (χ1n) is 10.1. The van der Waals surface area contributed by atoms with Gasteiger partial charge in [0.15, 0.2) is 0 Å². The maximum absolute atomic E-state index is 13.0. The summed E-state index contributed by atoms with van der Waals surface area (Å²) in [5.74, 6) is -0.726. The third kappa shape index (κ3) is 4.98. The van der Waals surface area contributed by atoms with Crippen molar-refractivity contribution in [2.45, 2.75) is 33.2 Å². The number of carbonyl (C=O) groups excluding carboxylic acids is 2. The Hall–Kier alpha value is -3.10. The zero-order valence-corrected chi connectivity index (χ0v) is 18.3. The molecule has 0 aliphatic carbocycles. The maximum Gasteiger partial charge on any atom is 0.270 e. The molecule has 0 bridgehead atoms. The number of halogens is 1. The van der Waals surface area contributed by atoms with Gasteiger partial charge in [0.1, 0.15) is 5.84 Å². The SMILES string of the molecule is CCNc1cc(C(=N)N)ccc1CNC(=O)C(OCC)N1Cc2ccc(Cl)cc2C1=O. The summed E-state index contributed by atoms with van der Waals surface area (Å²) in [6, 6.07) is 10.4. The average molecular weight is 444 g/mol. The maximum atomic E-state index is 13.0. The lowest BCUT2D eigenvalue weighted by Crippen LogP contribution is -2.48. The molecule has 0 radical (unpaired) electrons. The summed E-state index contributed by atoms with van der Waals surface area (Å²) in [6.07, 6.45) is -1.05. The number of benzene rings is 2. The molecule has 1 atom stereocenters. The van der Waals surface area contributed by atoms with E-state index in [0.29, 0.717) is 22.7 Å². The van der Waals surface area contributed by atoms with Gasteiger partial charge in [0.25, 0.3) is 11.8 Å². The Kier molecular flexibility index (Phi) is 7.14. The molecule has 5 N–H and O–H groups in total. The second kappa shape index (κ2) is 9.80. The van der Waals surface area contributed by atoms with E-state index in [4.69, 9.17) is 27.5 Å². The first-order valence-corrected chi connectivity index (χ1v) is 10.4. The predicted molar refractivity (Wildman–Crippen MR) is 120 cm³/mol. The lowest BCUT2D eigenvalue weighted by atomic mass is 10.1. The normalized spacial score (nSPS) is 13.6. The summed E-state index contributed by atoms with van der Waals surface area (Å²) in [4.78, 5) is 27.2. The number of hydrogen-bond acceptors (Lipinski definition) is 5. The van der Waals surface area contributed by atoms with Crippen molar-refractivity contribution < 1.29 is 14.3 Å². The van der Waals surface area contributed by atoms with Crippen molar-refractivity contribution in [1.82, 2.24) is 10.2 Å². The Morgan fingerprint density at radius 3 is 2.74 bits per heavy atom. The van der Waals surface area contributed by atoms with E-state index in [1.165, 1.54) is 4.90 Å². The second-order valence-electron chi connectivity index (χ2n) is 7.08. The monoisotopic (exact) mass is 443 g/mol. The van der Waals surface area contributed by atoms with Crippen molar-refractivity contribution in [1.29, 1.82) is 5.41 Å². The predicted octanol–water partition coefficient (Wildman–Crippen LogP) is 2.69. The molecule has 164 valence electrons. The van der Waals surface area contributed by atoms with Gasteiger partial charge in [0.05, 0.1) is 0 Å². The van der Waals surface area contributed by atoms with Crippen LogP contribution in [0.2, 0.25) is 5.02 Å². The van der Waals surface area contributed by atoms with Crippen LogP contribution in [0, 0.1) is 5.41 Å². The summed E-state index contributed by atoms with van der Waals surface area (Å²) in [6.45, 7) is 5.18. The number of amides is 2. The van der Waals surface area contributed by atoms with Gasteiger partial charge in [0, 0.05) is 48.1 Å². The number of nitrogens with two attached hydrogens (primary N) is 1. The molecular weight excluding hydrogens is 418 g/mol. The lowest BCUT2D eigenvalue weighted by Gasteiger charge is -2.26. The molecule has 0 fully saturated rings. The van der Waals surface area contributed by atoms with Crippen molar-refractivity contribution in [2.75, 3.05) is 18.5 Å². The molecule has 1 heterocycles. The van der Waals surface area contributed by atoms with Gasteiger partial charge in [-0.15, -0.1) is 0 Å². The highest BCUT2D eigenvalue weighted by Gasteiger charge is 2.37. The molecule has 3 rings (SSSR count). The molecule has 0 saturated carbocycles. The minimum Gasteiger partial charge on any atom is -0.385 e. The standard InChI is InChI=1S/C22H26ClN5O3/c1-3-26-18-9-13(19(24)25)5-6-14(18)11-27-20(29)22(31-4-2)28-12-15-7-8-16(23)10-17(15)21(28)30/h5-10,22,26H,3-4,11-12H2,1-2H3,(H3,24,25)(H,27,29). The van der Waals surface area contributed by atoms with Gasteiger partial charge in [-0.3, -0.25) is 15.0 Å². The Balaban J connectivity index is 1.75. The van der Waals surface area contributed by atoms with Crippen molar-refractivity contribution >= 4 is 34.9 Å². The number of fused-ring (bicyclic) bond motifs is 1. The van der Waals surface area contributed by atoms with Crippen LogP contribution in [0.1, 0.15) is 40.9 Å². The van der Waals surface area contributed by atoms with Crippen LogP contribution in [-0.2, 0) is 22.6 Å². The van der Waals surface area contributed by atoms with E-state index in [0.717, 1.165) is 16.8 Å². The van der Waals surface area contributed by atoms with Crippen molar-refractivity contribution in [3.63, 3.8) is 0 Å². The Morgan fingerprint density at radius 1 is 1.29 bits per heavy atom. The molecule has 1 aliphatic heterocycles. The second-order valence-corrected chi connectivity index (χ2v) is 7.51. The number of rotatable bonds is 9. The van der Waals surface area contributed by atoms with Crippen molar-refractivity contribution in [3.8, 4) is 0 Å². The lowest BCUT2D eigenvalue weighted by molar-refractivity contribution is -0.143. The molecule has 0 aromatic heterocycles. The summed E-state index contributed by atoms with van der Waals surface area (Å²) in [5.41, 5.74) is 9.07. The number of hydrogen-bond donors (Lipinski definition) is 4.